The first kappa shape index (κ1) is 19.3. The number of carbonyl (C=O) groups is 3. The molecule has 2 fully saturated rings. The number of urea groups is 1. The van der Waals surface area contributed by atoms with Gasteiger partial charge in [0.25, 0.3) is 5.91 Å². The Balaban J connectivity index is 1.67. The highest BCUT2D eigenvalue weighted by atomic mass is 19.1. The van der Waals surface area contributed by atoms with Crippen LogP contribution in [0, 0.1) is 17.6 Å². The summed E-state index contributed by atoms with van der Waals surface area (Å²) in [6, 6.07) is 2.33. The molecule has 8 heteroatoms. The Bertz CT molecular complexity index is 785. The minimum absolute atomic E-state index is 0.0133. The summed E-state index contributed by atoms with van der Waals surface area (Å²) in [5.74, 6) is -2.84. The number of nitrogens with zero attached hydrogens (tertiary/aromatic N) is 1. The third-order valence-electron chi connectivity index (χ3n) is 5.50. The molecule has 1 saturated heterocycles. The third kappa shape index (κ3) is 3.52. The molecular weight excluding hydrogens is 358 g/mol. The van der Waals surface area contributed by atoms with E-state index < -0.39 is 47.7 Å². The van der Waals surface area contributed by atoms with Crippen molar-refractivity contribution in [2.45, 2.75) is 51.2 Å². The second-order valence-corrected chi connectivity index (χ2v) is 7.24. The van der Waals surface area contributed by atoms with Gasteiger partial charge in [-0.15, -0.1) is 0 Å². The Kier molecular flexibility index (Phi) is 5.17. The monoisotopic (exact) mass is 380 g/mol. The highest BCUT2D eigenvalue weighted by Crippen LogP contribution is 2.38. The normalized spacial score (nSPS) is 26.2. The van der Waals surface area contributed by atoms with Crippen LogP contribution in [0.2, 0.25) is 0 Å². The van der Waals surface area contributed by atoms with Crippen molar-refractivity contribution in [3.63, 3.8) is 0 Å². The van der Waals surface area contributed by atoms with Crippen molar-refractivity contribution in [3.8, 4) is 0 Å². The molecule has 27 heavy (non-hydrogen) atoms. The molecule has 0 radical (unpaired) electrons. The summed E-state index contributed by atoms with van der Waals surface area (Å²) in [6.07, 6.45) is 2.21. The summed E-state index contributed by atoms with van der Waals surface area (Å²) in [7, 11) is 0. The van der Waals surface area contributed by atoms with Gasteiger partial charge in [0.15, 0.2) is 0 Å². The highest BCUT2D eigenvalue weighted by molar-refractivity contribution is 6.09. The van der Waals surface area contributed by atoms with E-state index in [0.717, 1.165) is 30.2 Å². The number of imide groups is 1. The lowest BCUT2D eigenvalue weighted by atomic mass is 9.73. The molecule has 1 N–H and O–H groups in total. The predicted molar refractivity (Wildman–Crippen MR) is 91.5 cm³/mol. The average Bonchev–Trinajstić information content (AvgIpc) is 2.82. The van der Waals surface area contributed by atoms with Crippen LogP contribution in [-0.4, -0.2) is 34.9 Å². The predicted octanol–water partition coefficient (Wildman–Crippen LogP) is 3.07. The lowest BCUT2D eigenvalue weighted by Gasteiger charge is -2.36. The number of rotatable bonds is 4. The number of carbonyl (C=O) groups excluding carboxylic acids is 3. The quantitative estimate of drug-likeness (QED) is 0.643. The Labute approximate surface area is 155 Å². The molecule has 2 aliphatic rings. The second kappa shape index (κ2) is 7.25. The fourth-order valence-corrected chi connectivity index (χ4v) is 3.90. The van der Waals surface area contributed by atoms with Gasteiger partial charge in [-0.2, -0.15) is 0 Å². The Hall–Kier alpha value is -2.51. The van der Waals surface area contributed by atoms with Crippen LogP contribution in [0.25, 0.3) is 0 Å². The van der Waals surface area contributed by atoms with Crippen molar-refractivity contribution in [1.82, 2.24) is 10.2 Å². The van der Waals surface area contributed by atoms with E-state index in [-0.39, 0.29) is 11.5 Å². The minimum atomic E-state index is -0.985. The molecular formula is C19H22F2N2O4. The zero-order valence-corrected chi connectivity index (χ0v) is 15.3. The number of hydrogen-bond donors (Lipinski definition) is 1. The van der Waals surface area contributed by atoms with Crippen molar-refractivity contribution >= 4 is 17.9 Å². The lowest BCUT2D eigenvalue weighted by Crippen LogP contribution is -2.54. The zero-order valence-electron chi connectivity index (χ0n) is 15.3. The molecule has 0 aromatic heterocycles. The molecule has 1 spiro atoms. The van der Waals surface area contributed by atoms with Gasteiger partial charge in [-0.3, -0.25) is 14.5 Å². The number of ether oxygens (including phenoxy) is 1. The number of nitrogens with one attached hydrogen (secondary N) is 1. The number of esters is 1. The number of benzene rings is 1. The van der Waals surface area contributed by atoms with Gasteiger partial charge >= 0.3 is 12.0 Å². The first-order valence-corrected chi connectivity index (χ1v) is 9.03. The van der Waals surface area contributed by atoms with Crippen LogP contribution >= 0.6 is 0 Å². The van der Waals surface area contributed by atoms with Gasteiger partial charge < -0.3 is 10.1 Å². The first-order valence-electron chi connectivity index (χ1n) is 9.03. The zero-order chi connectivity index (χ0) is 19.8. The van der Waals surface area contributed by atoms with Crippen LogP contribution in [0.5, 0.6) is 0 Å². The molecule has 3 amide bonds. The molecule has 1 aliphatic heterocycles. The molecule has 1 heterocycles. The van der Waals surface area contributed by atoms with Crippen molar-refractivity contribution in [3.05, 3.63) is 35.4 Å². The Morgan fingerprint density at radius 2 is 2.11 bits per heavy atom. The molecule has 146 valence electrons. The van der Waals surface area contributed by atoms with Crippen molar-refractivity contribution in [2.24, 2.45) is 5.92 Å². The van der Waals surface area contributed by atoms with E-state index in [1.807, 2.05) is 6.92 Å². The van der Waals surface area contributed by atoms with Crippen LogP contribution in [0.4, 0.5) is 13.6 Å². The van der Waals surface area contributed by atoms with E-state index >= 15 is 0 Å². The molecule has 1 aromatic carbocycles. The molecule has 3 rings (SSSR count). The van der Waals surface area contributed by atoms with Gasteiger partial charge in [-0.05, 0) is 37.8 Å². The molecule has 1 aromatic rings. The van der Waals surface area contributed by atoms with Crippen LogP contribution in [0.3, 0.4) is 0 Å². The largest absolute Gasteiger partial charge is 0.456 e. The summed E-state index contributed by atoms with van der Waals surface area (Å²) >= 11 is 0. The van der Waals surface area contributed by atoms with E-state index in [1.54, 1.807) is 0 Å². The maximum atomic E-state index is 13.8. The summed E-state index contributed by atoms with van der Waals surface area (Å²) in [5, 5.41) is 2.75. The Morgan fingerprint density at radius 1 is 1.37 bits per heavy atom. The fraction of sp³-hybridized carbons (Fsp3) is 0.526. The maximum absolute atomic E-state index is 13.8. The molecule has 1 aliphatic carbocycles. The van der Waals surface area contributed by atoms with Crippen molar-refractivity contribution in [2.75, 3.05) is 6.54 Å². The van der Waals surface area contributed by atoms with Crippen molar-refractivity contribution < 1.29 is 27.9 Å². The van der Waals surface area contributed by atoms with Gasteiger partial charge in [-0.1, -0.05) is 19.8 Å². The number of amides is 3. The average molecular weight is 380 g/mol. The number of hydrogen-bond acceptors (Lipinski definition) is 4. The Morgan fingerprint density at radius 3 is 2.78 bits per heavy atom. The smallest absolute Gasteiger partial charge is 0.326 e. The van der Waals surface area contributed by atoms with E-state index in [2.05, 4.69) is 5.32 Å². The topological polar surface area (TPSA) is 75.7 Å². The molecule has 3 atom stereocenters. The van der Waals surface area contributed by atoms with Crippen LogP contribution in [0.15, 0.2) is 18.2 Å². The molecule has 1 saturated carbocycles. The number of halogens is 2. The second-order valence-electron chi connectivity index (χ2n) is 7.24. The molecule has 6 nitrogen and oxygen atoms in total. The van der Waals surface area contributed by atoms with Gasteiger partial charge in [0.2, 0.25) is 0 Å². The van der Waals surface area contributed by atoms with Gasteiger partial charge in [0, 0.05) is 11.6 Å². The summed E-state index contributed by atoms with van der Waals surface area (Å²) in [4.78, 5) is 38.2. The van der Waals surface area contributed by atoms with E-state index in [4.69, 9.17) is 4.74 Å². The summed E-state index contributed by atoms with van der Waals surface area (Å²) < 4.78 is 31.9. The van der Waals surface area contributed by atoms with E-state index in [9.17, 15) is 23.2 Å². The fourth-order valence-electron chi connectivity index (χ4n) is 3.90. The summed E-state index contributed by atoms with van der Waals surface area (Å²) in [5.41, 5.74) is -0.941. The van der Waals surface area contributed by atoms with Crippen LogP contribution in [0.1, 0.15) is 51.2 Å². The lowest BCUT2D eigenvalue weighted by molar-refractivity contribution is -0.152. The first-order chi connectivity index (χ1) is 12.7. The molecule has 0 bridgehead atoms. The summed E-state index contributed by atoms with van der Waals surface area (Å²) in [6.45, 7) is 2.80. The SMILES string of the molecule is CC(OC(=O)CN1C(=O)NC2(CCCCC2C)C1=O)c1ccc(F)cc1F. The van der Waals surface area contributed by atoms with E-state index in [1.165, 1.54) is 13.0 Å². The maximum Gasteiger partial charge on any atom is 0.326 e. The minimum Gasteiger partial charge on any atom is -0.456 e. The molecule has 3 unspecified atom stereocenters. The van der Waals surface area contributed by atoms with E-state index in [0.29, 0.717) is 12.5 Å². The van der Waals surface area contributed by atoms with Crippen LogP contribution in [-0.2, 0) is 14.3 Å². The van der Waals surface area contributed by atoms with Gasteiger partial charge in [0.1, 0.15) is 29.8 Å². The van der Waals surface area contributed by atoms with Gasteiger partial charge in [0.05, 0.1) is 0 Å². The van der Waals surface area contributed by atoms with Gasteiger partial charge in [-0.25, -0.2) is 13.6 Å². The standard InChI is InChI=1S/C19H22F2N2O4/c1-11-5-3-4-8-19(11)17(25)23(18(26)22-19)10-16(24)27-12(2)14-7-6-13(20)9-15(14)21/h6-7,9,11-12H,3-5,8,10H2,1-2H3,(H,22,26). The highest BCUT2D eigenvalue weighted by Gasteiger charge is 2.55. The third-order valence-corrected chi connectivity index (χ3v) is 5.50. The van der Waals surface area contributed by atoms with Crippen LogP contribution < -0.4 is 5.32 Å². The van der Waals surface area contributed by atoms with Crippen molar-refractivity contribution in [1.29, 1.82) is 0 Å².